The van der Waals surface area contributed by atoms with E-state index in [0.717, 1.165) is 0 Å². The Labute approximate surface area is 178 Å². The Morgan fingerprint density at radius 3 is 1.90 bits per heavy atom. The zero-order valence-electron chi connectivity index (χ0n) is 17.3. The van der Waals surface area contributed by atoms with Crippen molar-refractivity contribution in [1.82, 2.24) is 0 Å². The zero-order valence-corrected chi connectivity index (χ0v) is 18.0. The maximum atomic E-state index is 2.41. The number of fused-ring (bicyclic) bond motifs is 3. The first-order chi connectivity index (χ1) is 13.5. The highest BCUT2D eigenvalue weighted by molar-refractivity contribution is 6.01. The standard InChI is InChI=1S/C26H25N2.ClH/c1-26(2)21-13-7-10-16-24(21)28(4)25(26)17-20-18-11-5-8-14-22(18)27(3)23-15-9-6-12-19(20)23;/h5-17H,1-4H3;1H/q+1;/p-1. The fraction of sp³-hybridized carbons (Fsp3) is 0.192. The molecule has 2 heterocycles. The van der Waals surface area contributed by atoms with E-state index < -0.39 is 0 Å². The predicted molar refractivity (Wildman–Crippen MR) is 118 cm³/mol. The number of anilines is 1. The van der Waals surface area contributed by atoms with Crippen LogP contribution in [0.3, 0.4) is 0 Å². The average molecular weight is 401 g/mol. The molecule has 0 radical (unpaired) electrons. The van der Waals surface area contributed by atoms with Crippen molar-refractivity contribution in [2.45, 2.75) is 19.3 Å². The van der Waals surface area contributed by atoms with E-state index >= 15 is 0 Å². The summed E-state index contributed by atoms with van der Waals surface area (Å²) in [4.78, 5) is 2.35. The minimum Gasteiger partial charge on any atom is -1.00 e. The van der Waals surface area contributed by atoms with Gasteiger partial charge in [0.15, 0.2) is 0 Å². The Kier molecular flexibility index (Phi) is 4.63. The van der Waals surface area contributed by atoms with Crippen LogP contribution < -0.4 is 21.9 Å². The van der Waals surface area contributed by atoms with Crippen molar-refractivity contribution in [3.63, 3.8) is 0 Å². The summed E-state index contributed by atoms with van der Waals surface area (Å²) in [6, 6.07) is 26.2. The van der Waals surface area contributed by atoms with E-state index in [-0.39, 0.29) is 17.8 Å². The highest BCUT2D eigenvalue weighted by Gasteiger charge is 2.38. The molecule has 0 unspecified atom stereocenters. The van der Waals surface area contributed by atoms with Crippen LogP contribution in [0.15, 0.2) is 78.5 Å². The Bertz CT molecular complexity index is 1210. The summed E-state index contributed by atoms with van der Waals surface area (Å²) in [5.41, 5.74) is 7.79. The second kappa shape index (κ2) is 6.89. The van der Waals surface area contributed by atoms with Crippen molar-refractivity contribution in [3.05, 3.63) is 89.6 Å². The van der Waals surface area contributed by atoms with Crippen molar-refractivity contribution in [1.29, 1.82) is 0 Å². The summed E-state index contributed by atoms with van der Waals surface area (Å²) in [6.07, 6.45) is 2.41. The van der Waals surface area contributed by atoms with Gasteiger partial charge >= 0.3 is 0 Å². The molecule has 0 saturated heterocycles. The first-order valence-corrected chi connectivity index (χ1v) is 9.85. The number of para-hydroxylation sites is 3. The van der Waals surface area contributed by atoms with Crippen molar-refractivity contribution >= 4 is 33.6 Å². The number of halogens is 1. The van der Waals surface area contributed by atoms with Crippen LogP contribution in [-0.2, 0) is 12.5 Å². The van der Waals surface area contributed by atoms with Crippen molar-refractivity contribution < 1.29 is 17.0 Å². The first-order valence-electron chi connectivity index (χ1n) is 9.85. The Balaban J connectivity index is 0.00000205. The van der Waals surface area contributed by atoms with Crippen LogP contribution in [0.4, 0.5) is 5.69 Å². The molecule has 2 nitrogen and oxygen atoms in total. The molecule has 0 aliphatic carbocycles. The van der Waals surface area contributed by atoms with Gasteiger partial charge in [-0.15, -0.1) is 0 Å². The zero-order chi connectivity index (χ0) is 19.5. The number of hydrogen-bond acceptors (Lipinski definition) is 1. The Morgan fingerprint density at radius 1 is 0.793 bits per heavy atom. The topological polar surface area (TPSA) is 7.12 Å². The summed E-state index contributed by atoms with van der Waals surface area (Å²) in [5, 5.41) is 2.58. The molecule has 29 heavy (non-hydrogen) atoms. The molecular weight excluding hydrogens is 376 g/mol. The van der Waals surface area contributed by atoms with Crippen molar-refractivity contribution in [3.8, 4) is 0 Å². The Morgan fingerprint density at radius 2 is 1.31 bits per heavy atom. The number of aromatic nitrogens is 1. The molecule has 0 N–H and O–H groups in total. The number of benzene rings is 3. The number of nitrogens with zero attached hydrogens (tertiary/aromatic N) is 2. The molecule has 0 amide bonds. The fourth-order valence-corrected chi connectivity index (χ4v) is 4.81. The Hall–Kier alpha value is -2.84. The van der Waals surface area contributed by atoms with Crippen molar-refractivity contribution in [2.24, 2.45) is 7.05 Å². The molecule has 0 saturated carbocycles. The summed E-state index contributed by atoms with van der Waals surface area (Å²) in [5.74, 6) is 0. The van der Waals surface area contributed by atoms with Gasteiger partial charge in [-0.2, -0.15) is 4.57 Å². The van der Waals surface area contributed by atoms with Gasteiger partial charge in [-0.1, -0.05) is 56.3 Å². The van der Waals surface area contributed by atoms with Crippen LogP contribution in [0.5, 0.6) is 0 Å². The summed E-state index contributed by atoms with van der Waals surface area (Å²) >= 11 is 0. The highest BCUT2D eigenvalue weighted by Crippen LogP contribution is 2.47. The molecule has 3 aromatic carbocycles. The third-order valence-corrected chi connectivity index (χ3v) is 6.33. The van der Waals surface area contributed by atoms with Gasteiger partial charge in [0.2, 0.25) is 11.0 Å². The van der Waals surface area contributed by atoms with Crippen LogP contribution in [0.25, 0.3) is 27.9 Å². The van der Waals surface area contributed by atoms with Crippen LogP contribution >= 0.6 is 0 Å². The molecule has 0 atom stereocenters. The average Bonchev–Trinajstić information content (AvgIpc) is 2.91. The summed E-state index contributed by atoms with van der Waals surface area (Å²) < 4.78 is 2.30. The second-order valence-electron chi connectivity index (χ2n) is 8.24. The van der Waals surface area contributed by atoms with Gasteiger partial charge in [0.25, 0.3) is 0 Å². The molecule has 5 rings (SSSR count). The predicted octanol–water partition coefficient (Wildman–Crippen LogP) is 2.59. The van der Waals surface area contributed by atoms with Gasteiger partial charge in [-0.3, -0.25) is 0 Å². The highest BCUT2D eigenvalue weighted by atomic mass is 35.5. The molecule has 1 aromatic heterocycles. The number of allylic oxidation sites excluding steroid dienone is 1. The normalized spacial score (nSPS) is 16.3. The third-order valence-electron chi connectivity index (χ3n) is 6.33. The lowest BCUT2D eigenvalue weighted by Gasteiger charge is -2.24. The number of likely N-dealkylation sites (N-methyl/N-ethyl adjacent to an activating group) is 1. The minimum absolute atomic E-state index is 0. The molecule has 0 spiro atoms. The smallest absolute Gasteiger partial charge is 0.213 e. The maximum Gasteiger partial charge on any atom is 0.213 e. The lowest BCUT2D eigenvalue weighted by Crippen LogP contribution is -3.00. The van der Waals surface area contributed by atoms with Crippen LogP contribution in [0, 0.1) is 0 Å². The second-order valence-corrected chi connectivity index (χ2v) is 8.24. The van der Waals surface area contributed by atoms with Crippen LogP contribution in [-0.4, -0.2) is 7.05 Å². The molecule has 1 aliphatic rings. The van der Waals surface area contributed by atoms with Gasteiger partial charge in [0.05, 0.1) is 10.8 Å². The van der Waals surface area contributed by atoms with Gasteiger partial charge in [-0.05, 0) is 29.8 Å². The van der Waals surface area contributed by atoms with Gasteiger partial charge in [-0.25, -0.2) is 0 Å². The third kappa shape index (κ3) is 2.74. The first kappa shape index (κ1) is 19.5. The monoisotopic (exact) mass is 400 g/mol. The van der Waals surface area contributed by atoms with Crippen LogP contribution in [0.2, 0.25) is 0 Å². The van der Waals surface area contributed by atoms with E-state index in [1.165, 1.54) is 44.3 Å². The molecule has 4 aromatic rings. The van der Waals surface area contributed by atoms with E-state index in [2.05, 4.69) is 116 Å². The minimum atomic E-state index is -0.0361. The molecular formula is C26H25ClN2. The van der Waals surface area contributed by atoms with Gasteiger partial charge < -0.3 is 17.3 Å². The number of pyridine rings is 1. The molecule has 0 fully saturated rings. The van der Waals surface area contributed by atoms with Crippen molar-refractivity contribution in [2.75, 3.05) is 11.9 Å². The quantitative estimate of drug-likeness (QED) is 0.352. The van der Waals surface area contributed by atoms with E-state index in [0.29, 0.717) is 0 Å². The number of aryl methyl sites for hydroxylation is 1. The van der Waals surface area contributed by atoms with Gasteiger partial charge in [0.1, 0.15) is 7.05 Å². The summed E-state index contributed by atoms with van der Waals surface area (Å²) in [6.45, 7) is 4.66. The molecule has 146 valence electrons. The van der Waals surface area contributed by atoms with E-state index in [9.17, 15) is 0 Å². The lowest BCUT2D eigenvalue weighted by molar-refractivity contribution is -0.617. The summed E-state index contributed by atoms with van der Waals surface area (Å²) in [7, 11) is 4.34. The molecule has 3 heteroatoms. The van der Waals surface area contributed by atoms with E-state index in [4.69, 9.17) is 0 Å². The lowest BCUT2D eigenvalue weighted by atomic mass is 9.83. The SMILES string of the molecule is CN1/C(=C\c2c3ccccc3[n+](C)c3ccccc23)C(C)(C)c2ccccc21.[Cl-]. The molecule has 1 aliphatic heterocycles. The van der Waals surface area contributed by atoms with Gasteiger partial charge in [0, 0.05) is 41.5 Å². The molecule has 0 bridgehead atoms. The van der Waals surface area contributed by atoms with E-state index in [1.807, 2.05) is 0 Å². The number of hydrogen-bond donors (Lipinski definition) is 0. The van der Waals surface area contributed by atoms with E-state index in [1.54, 1.807) is 0 Å². The number of rotatable bonds is 1. The van der Waals surface area contributed by atoms with Crippen LogP contribution in [0.1, 0.15) is 25.0 Å². The maximum absolute atomic E-state index is 2.41. The fourth-order valence-electron chi connectivity index (χ4n) is 4.81. The largest absolute Gasteiger partial charge is 1.00 e.